The highest BCUT2D eigenvalue weighted by Gasteiger charge is 2.46. The summed E-state index contributed by atoms with van der Waals surface area (Å²) < 4.78 is 22.0. The Hall–Kier alpha value is -4.36. The molecule has 3 aromatic carbocycles. The van der Waals surface area contributed by atoms with Gasteiger partial charge in [-0.25, -0.2) is 14.0 Å². The molecule has 2 fully saturated rings. The zero-order valence-corrected chi connectivity index (χ0v) is 29.6. The molecule has 14 heteroatoms. The first-order valence-corrected chi connectivity index (χ1v) is 17.7. The zero-order valence-electron chi connectivity index (χ0n) is 28.1. The van der Waals surface area contributed by atoms with Gasteiger partial charge in [-0.15, -0.1) is 0 Å². The molecular formula is C36H40Cl2N8O4. The second kappa shape index (κ2) is 14.9. The van der Waals surface area contributed by atoms with Crippen LogP contribution in [0.2, 0.25) is 10.0 Å². The van der Waals surface area contributed by atoms with Crippen LogP contribution in [0.1, 0.15) is 38.3 Å². The smallest absolute Gasteiger partial charge is 0.350 e. The van der Waals surface area contributed by atoms with Crippen molar-refractivity contribution in [3.8, 4) is 11.4 Å². The van der Waals surface area contributed by atoms with Gasteiger partial charge in [0.15, 0.2) is 0 Å². The molecule has 7 rings (SSSR count). The average molecular weight is 720 g/mol. The lowest BCUT2D eigenvalue weighted by atomic mass is 10.1. The molecule has 0 N–H and O–H groups in total. The minimum Gasteiger partial charge on any atom is -0.491 e. The Morgan fingerprint density at radius 3 is 2.22 bits per heavy atom. The van der Waals surface area contributed by atoms with Crippen LogP contribution in [0.4, 0.5) is 11.4 Å². The van der Waals surface area contributed by atoms with E-state index in [9.17, 15) is 4.79 Å². The Bertz CT molecular complexity index is 1930. The average Bonchev–Trinajstić information content (AvgIpc) is 3.84. The molecule has 5 aromatic rings. The summed E-state index contributed by atoms with van der Waals surface area (Å²) >= 11 is 12.8. The maximum atomic E-state index is 12.8. The van der Waals surface area contributed by atoms with Crippen LogP contribution in [0.5, 0.6) is 5.75 Å². The molecule has 2 aromatic heterocycles. The van der Waals surface area contributed by atoms with Crippen molar-refractivity contribution in [2.24, 2.45) is 0 Å². The van der Waals surface area contributed by atoms with E-state index in [0.717, 1.165) is 61.8 Å². The lowest BCUT2D eigenvalue weighted by molar-refractivity contribution is -0.192. The van der Waals surface area contributed by atoms with E-state index in [1.165, 1.54) is 4.80 Å². The molecule has 0 saturated carbocycles. The molecule has 0 radical (unpaired) electrons. The molecule has 1 unspecified atom stereocenters. The Kier molecular flexibility index (Phi) is 10.1. The summed E-state index contributed by atoms with van der Waals surface area (Å²) in [7, 11) is 0. The minimum absolute atomic E-state index is 0.0632. The second-order valence-electron chi connectivity index (χ2n) is 12.6. The van der Waals surface area contributed by atoms with Gasteiger partial charge in [0.25, 0.3) is 0 Å². The fourth-order valence-corrected chi connectivity index (χ4v) is 6.99. The molecule has 0 amide bonds. The highest BCUT2D eigenvalue weighted by molar-refractivity contribution is 6.35. The van der Waals surface area contributed by atoms with Gasteiger partial charge in [0.2, 0.25) is 5.79 Å². The van der Waals surface area contributed by atoms with Gasteiger partial charge in [-0.1, -0.05) is 36.2 Å². The molecule has 262 valence electrons. The van der Waals surface area contributed by atoms with E-state index in [2.05, 4.69) is 56.3 Å². The van der Waals surface area contributed by atoms with Gasteiger partial charge in [0, 0.05) is 48.1 Å². The fraction of sp³-hybridized carbons (Fsp3) is 0.389. The van der Waals surface area contributed by atoms with Crippen molar-refractivity contribution in [2.45, 2.75) is 51.2 Å². The van der Waals surface area contributed by atoms with E-state index < -0.39 is 5.79 Å². The first kappa shape index (κ1) is 34.1. The van der Waals surface area contributed by atoms with Crippen molar-refractivity contribution in [3.05, 3.63) is 112 Å². The molecule has 0 aliphatic carbocycles. The number of benzene rings is 3. The van der Waals surface area contributed by atoms with Crippen molar-refractivity contribution >= 4 is 34.6 Å². The Balaban J connectivity index is 0.941. The molecule has 0 bridgehead atoms. The van der Waals surface area contributed by atoms with Gasteiger partial charge in [-0.3, -0.25) is 0 Å². The van der Waals surface area contributed by atoms with E-state index in [1.54, 1.807) is 40.1 Å². The molecule has 3 atom stereocenters. The van der Waals surface area contributed by atoms with Gasteiger partial charge in [-0.2, -0.15) is 20.1 Å². The Labute approximate surface area is 300 Å². The SMILES string of the molecule is CCC(C)n1ncn(-c2ccc(N3CCCN(c4ccc(OC[C@@H]5CO[C@@](Cn6nccn6)(c6ccc(Cl)cc6Cl)O5)cc4)CC3)cc2)c1=O. The van der Waals surface area contributed by atoms with Crippen molar-refractivity contribution < 1.29 is 14.2 Å². The van der Waals surface area contributed by atoms with Gasteiger partial charge < -0.3 is 24.0 Å². The van der Waals surface area contributed by atoms with Crippen LogP contribution in [0.25, 0.3) is 5.69 Å². The molecule has 2 aliphatic heterocycles. The minimum atomic E-state index is -1.18. The van der Waals surface area contributed by atoms with Crippen LogP contribution < -0.4 is 20.2 Å². The quantitative estimate of drug-likeness (QED) is 0.163. The normalized spacial score (nSPS) is 20.2. The predicted molar refractivity (Wildman–Crippen MR) is 193 cm³/mol. The third-order valence-corrected chi connectivity index (χ3v) is 9.89. The van der Waals surface area contributed by atoms with Gasteiger partial charge in [-0.05, 0) is 80.4 Å². The van der Waals surface area contributed by atoms with Crippen molar-refractivity contribution in [2.75, 3.05) is 49.2 Å². The lowest BCUT2D eigenvalue weighted by Crippen LogP contribution is -2.35. The second-order valence-corrected chi connectivity index (χ2v) is 13.5. The largest absolute Gasteiger partial charge is 0.491 e. The third kappa shape index (κ3) is 7.25. The van der Waals surface area contributed by atoms with Crippen LogP contribution in [-0.4, -0.2) is 74.8 Å². The summed E-state index contributed by atoms with van der Waals surface area (Å²) in [6, 6.07) is 21.7. The van der Waals surface area contributed by atoms with E-state index in [-0.39, 0.29) is 24.4 Å². The maximum absolute atomic E-state index is 12.8. The fourth-order valence-electron chi connectivity index (χ4n) is 6.43. The number of halogens is 2. The molecule has 0 spiro atoms. The first-order valence-electron chi connectivity index (χ1n) is 16.9. The first-order chi connectivity index (χ1) is 24.3. The summed E-state index contributed by atoms with van der Waals surface area (Å²) in [5, 5.41) is 13.8. The van der Waals surface area contributed by atoms with Crippen LogP contribution in [0.3, 0.4) is 0 Å². The van der Waals surface area contributed by atoms with Crippen LogP contribution >= 0.6 is 23.2 Å². The summed E-state index contributed by atoms with van der Waals surface area (Å²) in [4.78, 5) is 19.2. The van der Waals surface area contributed by atoms with E-state index in [0.29, 0.717) is 28.8 Å². The van der Waals surface area contributed by atoms with E-state index in [4.69, 9.17) is 37.4 Å². The predicted octanol–water partition coefficient (Wildman–Crippen LogP) is 5.97. The number of nitrogens with zero attached hydrogens (tertiary/aromatic N) is 8. The Morgan fingerprint density at radius 1 is 0.900 bits per heavy atom. The van der Waals surface area contributed by atoms with Gasteiger partial charge in [0.1, 0.15) is 31.3 Å². The molecule has 50 heavy (non-hydrogen) atoms. The van der Waals surface area contributed by atoms with Crippen molar-refractivity contribution in [1.29, 1.82) is 0 Å². The number of rotatable bonds is 11. The highest BCUT2D eigenvalue weighted by atomic mass is 35.5. The van der Waals surface area contributed by atoms with Crippen molar-refractivity contribution in [3.63, 3.8) is 0 Å². The molecular weight excluding hydrogens is 679 g/mol. The number of hydrogen-bond acceptors (Lipinski definition) is 9. The summed E-state index contributed by atoms with van der Waals surface area (Å²) in [5.74, 6) is -0.434. The lowest BCUT2D eigenvalue weighted by Gasteiger charge is -2.29. The Morgan fingerprint density at radius 2 is 1.56 bits per heavy atom. The van der Waals surface area contributed by atoms with Crippen LogP contribution in [0.15, 0.2) is 90.2 Å². The zero-order chi connectivity index (χ0) is 34.7. The third-order valence-electron chi connectivity index (χ3n) is 9.35. The van der Waals surface area contributed by atoms with Gasteiger partial charge in [0.05, 0.1) is 35.8 Å². The molecule has 2 aliphatic rings. The maximum Gasteiger partial charge on any atom is 0.350 e. The van der Waals surface area contributed by atoms with Crippen LogP contribution in [-0.2, 0) is 21.8 Å². The van der Waals surface area contributed by atoms with E-state index in [1.807, 2.05) is 37.3 Å². The number of aromatic nitrogens is 6. The number of anilines is 2. The van der Waals surface area contributed by atoms with E-state index >= 15 is 0 Å². The molecule has 2 saturated heterocycles. The summed E-state index contributed by atoms with van der Waals surface area (Å²) in [5.41, 5.74) is 3.65. The molecule has 4 heterocycles. The van der Waals surface area contributed by atoms with Gasteiger partial charge >= 0.3 is 5.69 Å². The topological polar surface area (TPSA) is 105 Å². The van der Waals surface area contributed by atoms with Crippen LogP contribution in [0, 0.1) is 0 Å². The van der Waals surface area contributed by atoms with Crippen molar-refractivity contribution in [1.82, 2.24) is 29.3 Å². The highest BCUT2D eigenvalue weighted by Crippen LogP contribution is 2.40. The number of hydrogen-bond donors (Lipinski definition) is 0. The monoisotopic (exact) mass is 718 g/mol. The summed E-state index contributed by atoms with van der Waals surface area (Å²) in [6.45, 7) is 8.55. The number of ether oxygens (including phenoxy) is 3. The summed E-state index contributed by atoms with van der Waals surface area (Å²) in [6.07, 6.45) is 6.34. The standard InChI is InChI=1S/C36H40Cl2N8O4/c1-3-26(2)46-35(47)44(25-41-46)30-8-6-28(7-9-30)42-17-4-18-43(20-19-42)29-10-12-31(13-11-29)48-22-32-23-49-36(50-32,24-45-39-15-16-40-45)33-14-5-27(37)21-34(33)38/h5-16,21,25-26,32H,3-4,17-20,22-24H2,1-2H3/t26?,32-,36-/m1/s1. The molecule has 12 nitrogen and oxygen atoms in total.